The number of hydrogen-bond acceptors (Lipinski definition) is 4. The van der Waals surface area contributed by atoms with E-state index in [2.05, 4.69) is 20.6 Å². The minimum atomic E-state index is -0.549. The van der Waals surface area contributed by atoms with Crippen LogP contribution in [0.25, 0.3) is 0 Å². The zero-order valence-corrected chi connectivity index (χ0v) is 16.3. The Morgan fingerprint density at radius 1 is 1.27 bits per heavy atom. The van der Waals surface area contributed by atoms with E-state index in [0.29, 0.717) is 19.0 Å². The number of likely N-dealkylation sites (N-methyl/N-ethyl adjacent to an activating group) is 1. The highest BCUT2D eigenvalue weighted by Gasteiger charge is 2.22. The van der Waals surface area contributed by atoms with E-state index in [4.69, 9.17) is 0 Å². The van der Waals surface area contributed by atoms with Crippen molar-refractivity contribution in [2.24, 2.45) is 4.99 Å². The maximum absolute atomic E-state index is 14.1. The molecule has 1 heterocycles. The summed E-state index contributed by atoms with van der Waals surface area (Å²) in [7, 11) is 5.24. The molecule has 8 heteroatoms. The molecule has 2 rings (SSSR count). The molecule has 0 fully saturated rings. The van der Waals surface area contributed by atoms with Crippen molar-refractivity contribution in [3.63, 3.8) is 0 Å². The second-order valence-electron chi connectivity index (χ2n) is 6.10. The van der Waals surface area contributed by atoms with Gasteiger partial charge in [-0.1, -0.05) is 6.07 Å². The second-order valence-corrected chi connectivity index (χ2v) is 7.16. The molecule has 2 N–H and O–H groups in total. The fraction of sp³-hybridized carbons (Fsp3) is 0.444. The van der Waals surface area contributed by atoms with Crippen LogP contribution in [-0.4, -0.2) is 50.1 Å². The predicted molar refractivity (Wildman–Crippen MR) is 103 cm³/mol. The summed E-state index contributed by atoms with van der Waals surface area (Å²) in [6, 6.07) is 3.46. The Morgan fingerprint density at radius 3 is 2.50 bits per heavy atom. The fourth-order valence-corrected chi connectivity index (χ4v) is 3.26. The van der Waals surface area contributed by atoms with Crippen LogP contribution in [0.2, 0.25) is 0 Å². The first kappa shape index (κ1) is 20.3. The van der Waals surface area contributed by atoms with Gasteiger partial charge in [0, 0.05) is 37.5 Å². The number of aromatic nitrogens is 1. The molecule has 142 valence electrons. The van der Waals surface area contributed by atoms with Gasteiger partial charge in [0.05, 0.1) is 16.7 Å². The molecule has 1 aromatic carbocycles. The van der Waals surface area contributed by atoms with Crippen molar-refractivity contribution < 1.29 is 8.78 Å². The lowest BCUT2D eigenvalue weighted by Gasteiger charge is -2.26. The number of aryl methyl sites for hydroxylation is 1. The molecular weight excluding hydrogens is 356 g/mol. The number of thiazole rings is 1. The number of hydrogen-bond donors (Lipinski definition) is 2. The van der Waals surface area contributed by atoms with E-state index in [1.165, 1.54) is 18.2 Å². The molecule has 1 aromatic heterocycles. The summed E-state index contributed by atoms with van der Waals surface area (Å²) < 4.78 is 28.2. The van der Waals surface area contributed by atoms with Crippen LogP contribution in [0.1, 0.15) is 22.3 Å². The van der Waals surface area contributed by atoms with Gasteiger partial charge < -0.3 is 15.5 Å². The van der Waals surface area contributed by atoms with Crippen LogP contribution in [0.4, 0.5) is 8.78 Å². The fourth-order valence-electron chi connectivity index (χ4n) is 2.62. The standard InChI is InChI=1S/C18H25F2N5S/c1-12-24-13(11-26-12)8-9-22-18(21-2)23-10-16(25(3)4)17-14(19)6-5-7-15(17)20/h5-7,11,16H,8-10H2,1-4H3,(H2,21,22,23). The summed E-state index contributed by atoms with van der Waals surface area (Å²) in [4.78, 5) is 10.4. The minimum absolute atomic E-state index is 0.0541. The third kappa shape index (κ3) is 5.47. The van der Waals surface area contributed by atoms with Crippen LogP contribution in [0.15, 0.2) is 28.6 Å². The Hall–Kier alpha value is -2.06. The van der Waals surface area contributed by atoms with E-state index >= 15 is 0 Å². The van der Waals surface area contributed by atoms with Crippen molar-refractivity contribution >= 4 is 17.3 Å². The Labute approximate surface area is 157 Å². The Kier molecular flexibility index (Phi) is 7.47. The van der Waals surface area contributed by atoms with Crippen molar-refractivity contribution in [2.75, 3.05) is 34.2 Å². The molecule has 0 aliphatic heterocycles. The average molecular weight is 381 g/mol. The third-order valence-electron chi connectivity index (χ3n) is 3.98. The monoisotopic (exact) mass is 381 g/mol. The van der Waals surface area contributed by atoms with E-state index < -0.39 is 17.7 Å². The van der Waals surface area contributed by atoms with Crippen molar-refractivity contribution in [2.45, 2.75) is 19.4 Å². The lowest BCUT2D eigenvalue weighted by atomic mass is 10.0. The molecule has 2 aromatic rings. The maximum atomic E-state index is 14.1. The molecule has 0 saturated heterocycles. The van der Waals surface area contributed by atoms with Gasteiger partial charge in [-0.05, 0) is 33.2 Å². The van der Waals surface area contributed by atoms with Gasteiger partial charge in [-0.15, -0.1) is 11.3 Å². The van der Waals surface area contributed by atoms with Crippen LogP contribution in [0.5, 0.6) is 0 Å². The lowest BCUT2D eigenvalue weighted by molar-refractivity contribution is 0.282. The maximum Gasteiger partial charge on any atom is 0.191 e. The molecule has 0 saturated carbocycles. The van der Waals surface area contributed by atoms with Crippen LogP contribution < -0.4 is 10.6 Å². The highest BCUT2D eigenvalue weighted by atomic mass is 32.1. The summed E-state index contributed by atoms with van der Waals surface area (Å²) >= 11 is 1.63. The quantitative estimate of drug-likeness (QED) is 0.572. The molecule has 1 atom stereocenters. The number of halogens is 2. The summed E-state index contributed by atoms with van der Waals surface area (Å²) in [5.41, 5.74) is 1.09. The molecule has 0 radical (unpaired) electrons. The highest BCUT2D eigenvalue weighted by Crippen LogP contribution is 2.23. The van der Waals surface area contributed by atoms with Crippen molar-refractivity contribution in [3.8, 4) is 0 Å². The molecule has 5 nitrogen and oxygen atoms in total. The van der Waals surface area contributed by atoms with Crippen LogP contribution in [-0.2, 0) is 6.42 Å². The largest absolute Gasteiger partial charge is 0.356 e. The zero-order chi connectivity index (χ0) is 19.1. The molecular formula is C18H25F2N5S. The van der Waals surface area contributed by atoms with Gasteiger partial charge in [0.1, 0.15) is 11.6 Å². The van der Waals surface area contributed by atoms with Crippen molar-refractivity contribution in [1.82, 2.24) is 20.5 Å². The van der Waals surface area contributed by atoms with Crippen LogP contribution in [0, 0.1) is 18.6 Å². The number of guanidine groups is 1. The number of nitrogens with zero attached hydrogens (tertiary/aromatic N) is 3. The Bertz CT molecular complexity index is 725. The summed E-state index contributed by atoms with van der Waals surface area (Å²) in [6.07, 6.45) is 0.782. The highest BCUT2D eigenvalue weighted by molar-refractivity contribution is 7.09. The lowest BCUT2D eigenvalue weighted by Crippen LogP contribution is -2.42. The first-order chi connectivity index (χ1) is 12.4. The van der Waals surface area contributed by atoms with Gasteiger partial charge in [0.15, 0.2) is 5.96 Å². The molecule has 0 aliphatic rings. The smallest absolute Gasteiger partial charge is 0.191 e. The Morgan fingerprint density at radius 2 is 1.96 bits per heavy atom. The first-order valence-corrected chi connectivity index (χ1v) is 9.26. The second kappa shape index (κ2) is 9.59. The molecule has 1 unspecified atom stereocenters. The predicted octanol–water partition coefficient (Wildman–Crippen LogP) is 2.74. The van der Waals surface area contributed by atoms with E-state index in [9.17, 15) is 8.78 Å². The van der Waals surface area contributed by atoms with E-state index in [1.807, 2.05) is 12.3 Å². The third-order valence-corrected chi connectivity index (χ3v) is 4.81. The van der Waals surface area contributed by atoms with E-state index in [-0.39, 0.29) is 5.56 Å². The van der Waals surface area contributed by atoms with E-state index in [1.54, 1.807) is 37.4 Å². The SMILES string of the molecule is CN=C(NCCc1csc(C)n1)NCC(c1c(F)cccc1F)N(C)C. The van der Waals surface area contributed by atoms with Gasteiger partial charge in [0.2, 0.25) is 0 Å². The Balaban J connectivity index is 1.94. The van der Waals surface area contributed by atoms with Crippen molar-refractivity contribution in [1.29, 1.82) is 0 Å². The van der Waals surface area contributed by atoms with Gasteiger partial charge in [0.25, 0.3) is 0 Å². The minimum Gasteiger partial charge on any atom is -0.356 e. The summed E-state index contributed by atoms with van der Waals surface area (Å²) in [5, 5.41) is 9.42. The zero-order valence-electron chi connectivity index (χ0n) is 15.5. The molecule has 0 aliphatic carbocycles. The normalized spacial score (nSPS) is 13.1. The number of nitrogens with one attached hydrogen (secondary N) is 2. The topological polar surface area (TPSA) is 52.6 Å². The number of rotatable bonds is 7. The van der Waals surface area contributed by atoms with Gasteiger partial charge >= 0.3 is 0 Å². The van der Waals surface area contributed by atoms with E-state index in [0.717, 1.165) is 17.1 Å². The average Bonchev–Trinajstić information content (AvgIpc) is 3.00. The van der Waals surface area contributed by atoms with Crippen molar-refractivity contribution in [3.05, 3.63) is 51.5 Å². The number of benzene rings is 1. The molecule has 26 heavy (non-hydrogen) atoms. The van der Waals surface area contributed by atoms with Gasteiger partial charge in [-0.25, -0.2) is 13.8 Å². The van der Waals surface area contributed by atoms with Crippen LogP contribution in [0.3, 0.4) is 0 Å². The number of aliphatic imine (C=N–C) groups is 1. The molecule has 0 amide bonds. The molecule has 0 bridgehead atoms. The first-order valence-electron chi connectivity index (χ1n) is 8.38. The van der Waals surface area contributed by atoms with Crippen LogP contribution >= 0.6 is 11.3 Å². The van der Waals surface area contributed by atoms with Gasteiger partial charge in [-0.3, -0.25) is 4.99 Å². The summed E-state index contributed by atoms with van der Waals surface area (Å²) in [6.45, 7) is 2.97. The van der Waals surface area contributed by atoms with Gasteiger partial charge in [-0.2, -0.15) is 0 Å². The summed E-state index contributed by atoms with van der Waals surface area (Å²) in [5.74, 6) is -0.514. The molecule has 0 spiro atoms.